The van der Waals surface area contributed by atoms with Crippen LogP contribution in [0.5, 0.6) is 0 Å². The summed E-state index contributed by atoms with van der Waals surface area (Å²) in [6.45, 7) is 10.7. The van der Waals surface area contributed by atoms with Crippen LogP contribution < -0.4 is 5.73 Å². The Morgan fingerprint density at radius 1 is 1.38 bits per heavy atom. The predicted molar refractivity (Wildman–Crippen MR) is 58.4 cm³/mol. The first kappa shape index (κ1) is 10.8. The average molecular weight is 181 g/mol. The van der Waals surface area contributed by atoms with Gasteiger partial charge in [-0.2, -0.15) is 0 Å². The molecule has 0 heterocycles. The van der Waals surface area contributed by atoms with Crippen molar-refractivity contribution >= 4 is 0 Å². The molecule has 1 rings (SSSR count). The van der Waals surface area contributed by atoms with Crippen molar-refractivity contribution in [2.75, 3.05) is 0 Å². The summed E-state index contributed by atoms with van der Waals surface area (Å²) in [5, 5.41) is 0. The summed E-state index contributed by atoms with van der Waals surface area (Å²) in [5.74, 6) is 2.73. The third-order valence-corrected chi connectivity index (χ3v) is 3.65. The number of hydrogen-bond donors (Lipinski definition) is 1. The summed E-state index contributed by atoms with van der Waals surface area (Å²) in [5.41, 5.74) is 6.21. The minimum Gasteiger partial charge on any atom is -0.327 e. The highest BCUT2D eigenvalue weighted by atomic mass is 14.7. The van der Waals surface area contributed by atoms with Crippen molar-refractivity contribution in [1.82, 2.24) is 0 Å². The summed E-state index contributed by atoms with van der Waals surface area (Å²) >= 11 is 0. The van der Waals surface area contributed by atoms with Crippen LogP contribution in [0.1, 0.15) is 33.6 Å². The van der Waals surface area contributed by atoms with Crippen LogP contribution in [0.15, 0.2) is 12.7 Å². The van der Waals surface area contributed by atoms with E-state index in [1.165, 1.54) is 12.8 Å². The molecule has 0 amide bonds. The molecular weight excluding hydrogens is 158 g/mol. The van der Waals surface area contributed by atoms with Gasteiger partial charge in [-0.15, -0.1) is 6.58 Å². The van der Waals surface area contributed by atoms with Crippen molar-refractivity contribution in [3.05, 3.63) is 12.7 Å². The lowest BCUT2D eigenvalue weighted by Crippen LogP contribution is -2.44. The summed E-state index contributed by atoms with van der Waals surface area (Å²) in [7, 11) is 0. The van der Waals surface area contributed by atoms with Gasteiger partial charge in [0.1, 0.15) is 0 Å². The molecule has 1 heteroatoms. The van der Waals surface area contributed by atoms with E-state index in [0.717, 1.165) is 5.92 Å². The highest BCUT2D eigenvalue weighted by Gasteiger charge is 2.33. The van der Waals surface area contributed by atoms with E-state index < -0.39 is 0 Å². The van der Waals surface area contributed by atoms with E-state index in [1.807, 2.05) is 0 Å². The van der Waals surface area contributed by atoms with Crippen molar-refractivity contribution in [2.24, 2.45) is 29.4 Å². The molecule has 5 atom stereocenters. The normalized spacial score (nSPS) is 42.8. The maximum Gasteiger partial charge on any atom is 0.00987 e. The van der Waals surface area contributed by atoms with Crippen LogP contribution in [-0.2, 0) is 0 Å². The van der Waals surface area contributed by atoms with Gasteiger partial charge in [0.2, 0.25) is 0 Å². The van der Waals surface area contributed by atoms with E-state index >= 15 is 0 Å². The second-order valence-electron chi connectivity index (χ2n) is 4.89. The molecule has 2 N–H and O–H groups in total. The van der Waals surface area contributed by atoms with Crippen molar-refractivity contribution in [3.8, 4) is 0 Å². The summed E-state index contributed by atoms with van der Waals surface area (Å²) in [6.07, 6.45) is 4.62. The highest BCUT2D eigenvalue weighted by molar-refractivity contribution is 4.93. The zero-order chi connectivity index (χ0) is 10.0. The van der Waals surface area contributed by atoms with Crippen LogP contribution in [0.25, 0.3) is 0 Å². The van der Waals surface area contributed by atoms with Gasteiger partial charge in [-0.25, -0.2) is 0 Å². The van der Waals surface area contributed by atoms with Gasteiger partial charge in [0.05, 0.1) is 0 Å². The number of hydrogen-bond acceptors (Lipinski definition) is 1. The van der Waals surface area contributed by atoms with E-state index in [9.17, 15) is 0 Å². The molecule has 0 aromatic heterocycles. The van der Waals surface area contributed by atoms with Gasteiger partial charge in [-0.3, -0.25) is 0 Å². The molecule has 0 bridgehead atoms. The lowest BCUT2D eigenvalue weighted by atomic mass is 9.69. The molecule has 1 nitrogen and oxygen atoms in total. The monoisotopic (exact) mass is 181 g/mol. The van der Waals surface area contributed by atoms with Gasteiger partial charge in [0.25, 0.3) is 0 Å². The molecule has 1 aliphatic rings. The third kappa shape index (κ3) is 2.34. The fourth-order valence-electron chi connectivity index (χ4n) is 2.67. The fraction of sp³-hybridized carbons (Fsp3) is 0.833. The first-order chi connectivity index (χ1) is 6.06. The quantitative estimate of drug-likeness (QED) is 0.651. The first-order valence-corrected chi connectivity index (χ1v) is 5.44. The molecule has 76 valence electrons. The van der Waals surface area contributed by atoms with Crippen LogP contribution in [0, 0.1) is 23.7 Å². The zero-order valence-corrected chi connectivity index (χ0v) is 9.16. The van der Waals surface area contributed by atoms with Crippen molar-refractivity contribution in [3.63, 3.8) is 0 Å². The summed E-state index contributed by atoms with van der Waals surface area (Å²) in [6, 6.07) is 0.379. The van der Waals surface area contributed by atoms with Crippen LogP contribution >= 0.6 is 0 Å². The standard InChI is InChI=1S/C12H23N/c1-5-9(3)11-7-8(2)6-10(4)12(11)13/h5,8-12H,1,6-7,13H2,2-4H3. The van der Waals surface area contributed by atoms with Crippen LogP contribution in [0.3, 0.4) is 0 Å². The SMILES string of the molecule is C=CC(C)C1CC(C)CC(C)C1N. The Hall–Kier alpha value is -0.300. The number of rotatable bonds is 2. The molecule has 0 aromatic rings. The topological polar surface area (TPSA) is 26.0 Å². The number of allylic oxidation sites excluding steroid dienone is 1. The van der Waals surface area contributed by atoms with E-state index in [0.29, 0.717) is 23.8 Å². The van der Waals surface area contributed by atoms with Crippen LogP contribution in [0.4, 0.5) is 0 Å². The average Bonchev–Trinajstić information content (AvgIpc) is 2.10. The Labute approximate surface area is 82.4 Å². The lowest BCUT2D eigenvalue weighted by molar-refractivity contribution is 0.153. The fourth-order valence-corrected chi connectivity index (χ4v) is 2.67. The van der Waals surface area contributed by atoms with Crippen LogP contribution in [0.2, 0.25) is 0 Å². The Morgan fingerprint density at radius 2 is 2.00 bits per heavy atom. The maximum atomic E-state index is 6.21. The number of nitrogens with two attached hydrogens (primary N) is 1. The summed E-state index contributed by atoms with van der Waals surface area (Å²) < 4.78 is 0. The van der Waals surface area contributed by atoms with Crippen molar-refractivity contribution in [1.29, 1.82) is 0 Å². The Kier molecular flexibility index (Phi) is 3.55. The second-order valence-corrected chi connectivity index (χ2v) is 4.89. The van der Waals surface area contributed by atoms with Crippen molar-refractivity contribution in [2.45, 2.75) is 39.7 Å². The van der Waals surface area contributed by atoms with Crippen LogP contribution in [-0.4, -0.2) is 6.04 Å². The molecule has 1 fully saturated rings. The Balaban J connectivity index is 2.65. The molecule has 5 unspecified atom stereocenters. The Morgan fingerprint density at radius 3 is 2.54 bits per heavy atom. The largest absolute Gasteiger partial charge is 0.327 e. The summed E-state index contributed by atoms with van der Waals surface area (Å²) in [4.78, 5) is 0. The van der Waals surface area contributed by atoms with Gasteiger partial charge >= 0.3 is 0 Å². The molecular formula is C12H23N. The van der Waals surface area contributed by atoms with E-state index in [4.69, 9.17) is 5.73 Å². The maximum absolute atomic E-state index is 6.21. The molecule has 0 aromatic carbocycles. The van der Waals surface area contributed by atoms with Gasteiger partial charge < -0.3 is 5.73 Å². The molecule has 0 aliphatic heterocycles. The molecule has 0 radical (unpaired) electrons. The van der Waals surface area contributed by atoms with Gasteiger partial charge in [-0.05, 0) is 36.5 Å². The van der Waals surface area contributed by atoms with Gasteiger partial charge in [-0.1, -0.05) is 26.8 Å². The predicted octanol–water partition coefficient (Wildman–Crippen LogP) is 2.82. The third-order valence-electron chi connectivity index (χ3n) is 3.65. The highest BCUT2D eigenvalue weighted by Crippen LogP contribution is 2.36. The van der Waals surface area contributed by atoms with Crippen molar-refractivity contribution < 1.29 is 0 Å². The molecule has 0 spiro atoms. The van der Waals surface area contributed by atoms with E-state index in [1.54, 1.807) is 0 Å². The molecule has 0 saturated heterocycles. The Bertz CT molecular complexity index is 176. The van der Waals surface area contributed by atoms with E-state index in [-0.39, 0.29) is 0 Å². The second kappa shape index (κ2) is 4.28. The van der Waals surface area contributed by atoms with E-state index in [2.05, 4.69) is 33.4 Å². The molecule has 1 aliphatic carbocycles. The first-order valence-electron chi connectivity index (χ1n) is 5.44. The zero-order valence-electron chi connectivity index (χ0n) is 9.16. The molecule has 1 saturated carbocycles. The van der Waals surface area contributed by atoms with Gasteiger partial charge in [0.15, 0.2) is 0 Å². The van der Waals surface area contributed by atoms with Gasteiger partial charge in [0, 0.05) is 6.04 Å². The molecule has 13 heavy (non-hydrogen) atoms. The minimum atomic E-state index is 0.379. The smallest absolute Gasteiger partial charge is 0.00987 e. The minimum absolute atomic E-state index is 0.379. The lowest BCUT2D eigenvalue weighted by Gasteiger charge is -2.39.